The van der Waals surface area contributed by atoms with Crippen molar-refractivity contribution in [3.05, 3.63) is 101 Å². The number of thiazole rings is 1. The summed E-state index contributed by atoms with van der Waals surface area (Å²) in [5.74, 6) is -3.07. The number of aliphatic hydroxyl groups excluding tert-OH is 1. The molecule has 1 aliphatic rings. The molecule has 1 amide bonds. The van der Waals surface area contributed by atoms with Crippen molar-refractivity contribution in [2.75, 3.05) is 12.0 Å². The quantitative estimate of drug-likeness (QED) is 0.191. The molecule has 0 unspecified atom stereocenters. The van der Waals surface area contributed by atoms with Crippen LogP contribution in [0.15, 0.2) is 78.4 Å². The van der Waals surface area contributed by atoms with Crippen molar-refractivity contribution in [3.63, 3.8) is 0 Å². The number of benzene rings is 3. The van der Waals surface area contributed by atoms with E-state index in [-0.39, 0.29) is 22.0 Å². The SMILES string of the molecule is COC(=O)c1ccc([C@H]2C(=C(O)c3ccccc3)C(=O)C(=O)N2c2nc3ccc(F)cc3s2)cc1. The zero-order valence-electron chi connectivity index (χ0n) is 18.3. The molecule has 1 aromatic heterocycles. The summed E-state index contributed by atoms with van der Waals surface area (Å²) in [6.45, 7) is 0. The number of hydrogen-bond acceptors (Lipinski definition) is 7. The van der Waals surface area contributed by atoms with Gasteiger partial charge < -0.3 is 9.84 Å². The van der Waals surface area contributed by atoms with Crippen LogP contribution in [-0.4, -0.2) is 34.9 Å². The van der Waals surface area contributed by atoms with Crippen LogP contribution < -0.4 is 4.90 Å². The van der Waals surface area contributed by atoms with Crippen LogP contribution >= 0.6 is 11.3 Å². The molecule has 3 aromatic carbocycles. The van der Waals surface area contributed by atoms with Crippen LogP contribution in [0.4, 0.5) is 9.52 Å². The number of amides is 1. The number of aliphatic hydroxyl groups is 1. The molecular formula is C26H17FN2O5S. The maximum Gasteiger partial charge on any atom is 0.337 e. The first-order chi connectivity index (χ1) is 16.9. The fraction of sp³-hybridized carbons (Fsp3) is 0.0769. The van der Waals surface area contributed by atoms with Gasteiger partial charge in [-0.3, -0.25) is 14.5 Å². The summed E-state index contributed by atoms with van der Waals surface area (Å²) in [4.78, 5) is 44.0. The largest absolute Gasteiger partial charge is 0.507 e. The van der Waals surface area contributed by atoms with Gasteiger partial charge in [-0.25, -0.2) is 14.2 Å². The van der Waals surface area contributed by atoms with Crippen LogP contribution in [-0.2, 0) is 14.3 Å². The van der Waals surface area contributed by atoms with E-state index in [4.69, 9.17) is 4.74 Å². The minimum Gasteiger partial charge on any atom is -0.507 e. The molecule has 1 atom stereocenters. The summed E-state index contributed by atoms with van der Waals surface area (Å²) >= 11 is 1.06. The number of hydrogen-bond donors (Lipinski definition) is 1. The van der Waals surface area contributed by atoms with Crippen LogP contribution in [0.1, 0.15) is 27.5 Å². The molecule has 0 bridgehead atoms. The summed E-state index contributed by atoms with van der Waals surface area (Å²) in [7, 11) is 1.26. The first-order valence-corrected chi connectivity index (χ1v) is 11.3. The number of ether oxygens (including phenoxy) is 1. The fourth-order valence-electron chi connectivity index (χ4n) is 4.01. The van der Waals surface area contributed by atoms with E-state index < -0.39 is 29.5 Å². The molecule has 1 aliphatic heterocycles. The molecule has 35 heavy (non-hydrogen) atoms. The van der Waals surface area contributed by atoms with Gasteiger partial charge in [0.2, 0.25) is 0 Å². The Morgan fingerprint density at radius 3 is 2.43 bits per heavy atom. The Labute approximate surface area is 202 Å². The zero-order valence-corrected chi connectivity index (χ0v) is 19.1. The highest BCUT2D eigenvalue weighted by Gasteiger charge is 2.48. The Balaban J connectivity index is 1.71. The van der Waals surface area contributed by atoms with Gasteiger partial charge in [0.15, 0.2) is 5.13 Å². The number of carbonyl (C=O) groups is 3. The zero-order chi connectivity index (χ0) is 24.7. The van der Waals surface area contributed by atoms with E-state index in [1.807, 2.05) is 0 Å². The van der Waals surface area contributed by atoms with Crippen LogP contribution in [0, 0.1) is 5.82 Å². The molecule has 9 heteroatoms. The lowest BCUT2D eigenvalue weighted by molar-refractivity contribution is -0.132. The summed E-state index contributed by atoms with van der Waals surface area (Å²) < 4.78 is 19.0. The van der Waals surface area contributed by atoms with E-state index in [0.29, 0.717) is 21.3 Å². The van der Waals surface area contributed by atoms with E-state index in [2.05, 4.69) is 4.98 Å². The Morgan fingerprint density at radius 2 is 1.74 bits per heavy atom. The van der Waals surface area contributed by atoms with Crippen LogP contribution in [0.3, 0.4) is 0 Å². The number of aromatic nitrogens is 1. The lowest BCUT2D eigenvalue weighted by Crippen LogP contribution is -2.29. The van der Waals surface area contributed by atoms with Crippen molar-refractivity contribution in [2.24, 2.45) is 0 Å². The van der Waals surface area contributed by atoms with Crippen molar-refractivity contribution >= 4 is 50.1 Å². The molecule has 2 heterocycles. The summed E-state index contributed by atoms with van der Waals surface area (Å²) in [5, 5.41) is 11.3. The molecule has 1 fully saturated rings. The predicted molar refractivity (Wildman–Crippen MR) is 129 cm³/mol. The summed E-state index contributed by atoms with van der Waals surface area (Å²) in [6, 6.07) is 17.6. The number of carbonyl (C=O) groups excluding carboxylic acids is 3. The van der Waals surface area contributed by atoms with Gasteiger partial charge in [0, 0.05) is 5.56 Å². The van der Waals surface area contributed by atoms with Crippen LogP contribution in [0.5, 0.6) is 0 Å². The standard InChI is InChI=1S/C26H17FN2O5S/c1-34-25(33)16-9-7-14(8-10-16)21-20(22(30)15-5-3-2-4-6-15)23(31)24(32)29(21)26-28-18-12-11-17(27)13-19(18)35-26/h2-13,21,30H,1H3/t21-/m0/s1. The van der Waals surface area contributed by atoms with Gasteiger partial charge in [-0.05, 0) is 35.9 Å². The molecule has 0 spiro atoms. The van der Waals surface area contributed by atoms with Gasteiger partial charge in [-0.15, -0.1) is 0 Å². The molecule has 0 radical (unpaired) electrons. The maximum atomic E-state index is 13.8. The number of rotatable bonds is 4. The average molecular weight is 488 g/mol. The molecule has 7 nitrogen and oxygen atoms in total. The molecular weight excluding hydrogens is 471 g/mol. The number of nitrogens with zero attached hydrogens (tertiary/aromatic N) is 2. The third-order valence-corrected chi connectivity index (χ3v) is 6.70. The normalized spacial score (nSPS) is 17.2. The lowest BCUT2D eigenvalue weighted by Gasteiger charge is -2.23. The van der Waals surface area contributed by atoms with E-state index in [1.165, 1.54) is 42.3 Å². The Bertz CT molecular complexity index is 1510. The highest BCUT2D eigenvalue weighted by molar-refractivity contribution is 7.22. The summed E-state index contributed by atoms with van der Waals surface area (Å²) in [5.41, 5.74) is 1.48. The number of Topliss-reactive ketones (excluding diaryl/α,β-unsaturated/α-hetero) is 1. The molecule has 0 saturated carbocycles. The van der Waals surface area contributed by atoms with Crippen molar-refractivity contribution in [2.45, 2.75) is 6.04 Å². The molecule has 5 rings (SSSR count). The number of methoxy groups -OCH3 is 1. The number of halogens is 1. The second-order valence-electron chi connectivity index (χ2n) is 7.76. The minimum atomic E-state index is -1.02. The fourth-order valence-corrected chi connectivity index (χ4v) is 5.02. The second-order valence-corrected chi connectivity index (χ2v) is 8.77. The van der Waals surface area contributed by atoms with Crippen molar-refractivity contribution in [3.8, 4) is 0 Å². The second kappa shape index (κ2) is 8.77. The topological polar surface area (TPSA) is 96.8 Å². The third-order valence-electron chi connectivity index (χ3n) is 5.68. The van der Waals surface area contributed by atoms with E-state index in [1.54, 1.807) is 42.5 Å². The molecule has 0 aliphatic carbocycles. The van der Waals surface area contributed by atoms with Gasteiger partial charge in [0.25, 0.3) is 5.78 Å². The van der Waals surface area contributed by atoms with Gasteiger partial charge in [0.1, 0.15) is 11.6 Å². The number of ketones is 1. The van der Waals surface area contributed by atoms with Crippen molar-refractivity contribution < 1.29 is 28.6 Å². The lowest BCUT2D eigenvalue weighted by atomic mass is 9.95. The van der Waals surface area contributed by atoms with Gasteiger partial charge in [0.05, 0.1) is 34.5 Å². The molecule has 1 saturated heterocycles. The predicted octanol–water partition coefficient (Wildman–Crippen LogP) is 4.85. The average Bonchev–Trinajstić information content (AvgIpc) is 3.41. The molecule has 4 aromatic rings. The summed E-state index contributed by atoms with van der Waals surface area (Å²) in [6.07, 6.45) is 0. The van der Waals surface area contributed by atoms with Gasteiger partial charge in [-0.2, -0.15) is 0 Å². The van der Waals surface area contributed by atoms with E-state index >= 15 is 0 Å². The van der Waals surface area contributed by atoms with Gasteiger partial charge in [-0.1, -0.05) is 53.8 Å². The highest BCUT2D eigenvalue weighted by atomic mass is 32.1. The van der Waals surface area contributed by atoms with E-state index in [0.717, 1.165) is 11.3 Å². The molecule has 1 N–H and O–H groups in total. The van der Waals surface area contributed by atoms with Crippen LogP contribution in [0.2, 0.25) is 0 Å². The first kappa shape index (κ1) is 22.4. The first-order valence-electron chi connectivity index (χ1n) is 10.5. The minimum absolute atomic E-state index is 0.113. The monoisotopic (exact) mass is 488 g/mol. The number of esters is 1. The number of anilines is 1. The number of fused-ring (bicyclic) bond motifs is 1. The van der Waals surface area contributed by atoms with Crippen molar-refractivity contribution in [1.29, 1.82) is 0 Å². The Hall–Kier alpha value is -4.37. The highest BCUT2D eigenvalue weighted by Crippen LogP contribution is 2.44. The molecule has 174 valence electrons. The van der Waals surface area contributed by atoms with Crippen LogP contribution in [0.25, 0.3) is 16.0 Å². The Morgan fingerprint density at radius 1 is 1.03 bits per heavy atom. The van der Waals surface area contributed by atoms with Crippen molar-refractivity contribution in [1.82, 2.24) is 4.98 Å². The maximum absolute atomic E-state index is 13.8. The van der Waals surface area contributed by atoms with E-state index in [9.17, 15) is 23.9 Å². The smallest absolute Gasteiger partial charge is 0.337 e. The Kier molecular flexibility index (Phi) is 5.62. The van der Waals surface area contributed by atoms with Gasteiger partial charge >= 0.3 is 11.9 Å². The third kappa shape index (κ3) is 3.85.